The van der Waals surface area contributed by atoms with Crippen LogP contribution in [0.4, 0.5) is 0 Å². The van der Waals surface area contributed by atoms with Gasteiger partial charge >= 0.3 is 0 Å². The second-order valence-electron chi connectivity index (χ2n) is 5.13. The fourth-order valence-corrected chi connectivity index (χ4v) is 2.70. The maximum atomic E-state index is 6.53. The summed E-state index contributed by atoms with van der Waals surface area (Å²) < 4.78 is 1.99. The van der Waals surface area contributed by atoms with Gasteiger partial charge in [0, 0.05) is 23.7 Å². The van der Waals surface area contributed by atoms with E-state index in [9.17, 15) is 0 Å². The topological polar surface area (TPSA) is 56.7 Å². The van der Waals surface area contributed by atoms with Crippen LogP contribution in [0.3, 0.4) is 0 Å². The molecule has 0 radical (unpaired) electrons. The zero-order valence-corrected chi connectivity index (χ0v) is 12.5. The largest absolute Gasteiger partial charge is 0.319 e. The van der Waals surface area contributed by atoms with E-state index < -0.39 is 0 Å². The number of pyridine rings is 1. The van der Waals surface area contributed by atoms with Crippen molar-refractivity contribution in [3.05, 3.63) is 59.5 Å². The van der Waals surface area contributed by atoms with Crippen molar-refractivity contribution < 1.29 is 0 Å². The molecule has 0 aliphatic rings. The number of nitrogens with zero attached hydrogens (tertiary/aromatic N) is 3. The third-order valence-corrected chi connectivity index (χ3v) is 3.84. The van der Waals surface area contributed by atoms with Gasteiger partial charge in [0.1, 0.15) is 0 Å². The lowest BCUT2D eigenvalue weighted by molar-refractivity contribution is 0.595. The summed E-state index contributed by atoms with van der Waals surface area (Å²) in [5.41, 5.74) is 10.7. The summed E-state index contributed by atoms with van der Waals surface area (Å²) >= 11 is 0. The molecule has 0 bridgehead atoms. The van der Waals surface area contributed by atoms with E-state index in [1.165, 1.54) is 0 Å². The Balaban J connectivity index is 2.12. The SMILES string of the molecule is CCc1cc(C(N)c2cccc3cccnc23)n(CC)n1. The first-order valence-electron chi connectivity index (χ1n) is 7.40. The van der Waals surface area contributed by atoms with Crippen LogP contribution in [0, 0.1) is 0 Å². The van der Waals surface area contributed by atoms with Crippen molar-refractivity contribution in [2.75, 3.05) is 0 Å². The molecule has 0 aliphatic heterocycles. The van der Waals surface area contributed by atoms with E-state index in [0.29, 0.717) is 0 Å². The summed E-state index contributed by atoms with van der Waals surface area (Å²) in [6.07, 6.45) is 2.73. The van der Waals surface area contributed by atoms with Crippen LogP contribution in [0.1, 0.15) is 36.8 Å². The van der Waals surface area contributed by atoms with E-state index in [1.807, 2.05) is 23.0 Å². The van der Waals surface area contributed by atoms with Crippen molar-refractivity contribution in [2.24, 2.45) is 5.73 Å². The van der Waals surface area contributed by atoms with Crippen LogP contribution < -0.4 is 5.73 Å². The number of hydrogen-bond donors (Lipinski definition) is 1. The molecule has 3 rings (SSSR count). The Hall–Kier alpha value is -2.20. The highest BCUT2D eigenvalue weighted by molar-refractivity contribution is 5.82. The van der Waals surface area contributed by atoms with Crippen LogP contribution in [-0.2, 0) is 13.0 Å². The highest BCUT2D eigenvalue weighted by Gasteiger charge is 2.18. The van der Waals surface area contributed by atoms with E-state index >= 15 is 0 Å². The minimum atomic E-state index is -0.212. The van der Waals surface area contributed by atoms with Crippen LogP contribution in [0.5, 0.6) is 0 Å². The second kappa shape index (κ2) is 5.66. The van der Waals surface area contributed by atoms with Gasteiger partial charge in [-0.3, -0.25) is 9.67 Å². The number of rotatable bonds is 4. The summed E-state index contributed by atoms with van der Waals surface area (Å²) in [4.78, 5) is 4.50. The summed E-state index contributed by atoms with van der Waals surface area (Å²) in [6.45, 7) is 5.02. The summed E-state index contributed by atoms with van der Waals surface area (Å²) in [5.74, 6) is 0. The normalized spacial score (nSPS) is 12.7. The molecule has 2 heterocycles. The number of fused-ring (bicyclic) bond motifs is 1. The Kier molecular flexibility index (Phi) is 3.71. The van der Waals surface area contributed by atoms with Crippen LogP contribution in [-0.4, -0.2) is 14.8 Å². The molecule has 1 aromatic carbocycles. The third-order valence-electron chi connectivity index (χ3n) is 3.84. The van der Waals surface area contributed by atoms with Crippen LogP contribution in [0.2, 0.25) is 0 Å². The fraction of sp³-hybridized carbons (Fsp3) is 0.294. The van der Waals surface area contributed by atoms with Gasteiger partial charge in [0.15, 0.2) is 0 Å². The number of nitrogens with two attached hydrogens (primary N) is 1. The van der Waals surface area contributed by atoms with E-state index in [1.54, 1.807) is 0 Å². The minimum absolute atomic E-state index is 0.212. The molecule has 0 aliphatic carbocycles. The monoisotopic (exact) mass is 280 g/mol. The maximum absolute atomic E-state index is 6.53. The predicted octanol–water partition coefficient (Wildman–Crippen LogP) is 3.06. The molecule has 2 aromatic heterocycles. The van der Waals surface area contributed by atoms with Gasteiger partial charge in [0.2, 0.25) is 0 Å². The van der Waals surface area contributed by atoms with Crippen LogP contribution >= 0.6 is 0 Å². The molecule has 4 heteroatoms. The van der Waals surface area contributed by atoms with Gasteiger partial charge in [0.25, 0.3) is 0 Å². The van der Waals surface area contributed by atoms with Crippen LogP contribution in [0.25, 0.3) is 10.9 Å². The summed E-state index contributed by atoms with van der Waals surface area (Å²) in [5, 5.41) is 5.70. The standard InChI is InChI=1S/C17H20N4/c1-3-13-11-15(21(4-2)20-13)16(18)14-9-5-7-12-8-6-10-19-17(12)14/h5-11,16H,3-4,18H2,1-2H3. The first-order valence-corrected chi connectivity index (χ1v) is 7.40. The molecular formula is C17H20N4. The van der Waals surface area contributed by atoms with E-state index in [-0.39, 0.29) is 6.04 Å². The lowest BCUT2D eigenvalue weighted by atomic mass is 10.0. The Morgan fingerprint density at radius 1 is 1.19 bits per heavy atom. The van der Waals surface area contributed by atoms with Gasteiger partial charge in [-0.25, -0.2) is 0 Å². The van der Waals surface area contributed by atoms with E-state index in [2.05, 4.69) is 48.2 Å². The van der Waals surface area contributed by atoms with Crippen molar-refractivity contribution >= 4 is 10.9 Å². The molecule has 0 fully saturated rings. The molecule has 108 valence electrons. The average molecular weight is 280 g/mol. The van der Waals surface area contributed by atoms with Gasteiger partial charge in [-0.2, -0.15) is 5.10 Å². The number of aryl methyl sites for hydroxylation is 2. The lowest BCUT2D eigenvalue weighted by Crippen LogP contribution is -2.17. The van der Waals surface area contributed by atoms with Crippen molar-refractivity contribution in [2.45, 2.75) is 32.9 Å². The highest BCUT2D eigenvalue weighted by atomic mass is 15.3. The van der Waals surface area contributed by atoms with Crippen molar-refractivity contribution in [3.63, 3.8) is 0 Å². The molecule has 1 unspecified atom stereocenters. The maximum Gasteiger partial charge on any atom is 0.0753 e. The van der Waals surface area contributed by atoms with Crippen molar-refractivity contribution in [3.8, 4) is 0 Å². The summed E-state index contributed by atoms with van der Waals surface area (Å²) in [7, 11) is 0. The zero-order valence-electron chi connectivity index (χ0n) is 12.5. The molecule has 0 amide bonds. The van der Waals surface area contributed by atoms with Crippen molar-refractivity contribution in [1.82, 2.24) is 14.8 Å². The molecule has 3 aromatic rings. The molecule has 4 nitrogen and oxygen atoms in total. The van der Waals surface area contributed by atoms with E-state index in [0.717, 1.165) is 40.8 Å². The Bertz CT molecular complexity index is 755. The second-order valence-corrected chi connectivity index (χ2v) is 5.13. The zero-order chi connectivity index (χ0) is 14.8. The smallest absolute Gasteiger partial charge is 0.0753 e. The first kappa shape index (κ1) is 13.8. The number of aromatic nitrogens is 3. The molecule has 0 saturated heterocycles. The fourth-order valence-electron chi connectivity index (χ4n) is 2.70. The third kappa shape index (κ3) is 2.43. The van der Waals surface area contributed by atoms with Gasteiger partial charge in [-0.1, -0.05) is 31.2 Å². The Morgan fingerprint density at radius 3 is 2.76 bits per heavy atom. The molecule has 0 spiro atoms. The summed E-state index contributed by atoms with van der Waals surface area (Å²) in [6, 6.07) is 12.1. The average Bonchev–Trinajstić information content (AvgIpc) is 2.97. The molecule has 0 saturated carbocycles. The van der Waals surface area contributed by atoms with Gasteiger partial charge in [-0.15, -0.1) is 0 Å². The quantitative estimate of drug-likeness (QED) is 0.799. The lowest BCUT2D eigenvalue weighted by Gasteiger charge is -2.15. The minimum Gasteiger partial charge on any atom is -0.319 e. The van der Waals surface area contributed by atoms with E-state index in [4.69, 9.17) is 5.73 Å². The number of benzene rings is 1. The van der Waals surface area contributed by atoms with Gasteiger partial charge < -0.3 is 5.73 Å². The number of hydrogen-bond acceptors (Lipinski definition) is 3. The van der Waals surface area contributed by atoms with Gasteiger partial charge in [0.05, 0.1) is 22.9 Å². The Labute approximate surface area is 124 Å². The predicted molar refractivity (Wildman–Crippen MR) is 85.1 cm³/mol. The molecule has 2 N–H and O–H groups in total. The van der Waals surface area contributed by atoms with Crippen LogP contribution in [0.15, 0.2) is 42.6 Å². The van der Waals surface area contributed by atoms with Gasteiger partial charge in [-0.05, 0) is 25.5 Å². The highest BCUT2D eigenvalue weighted by Crippen LogP contribution is 2.26. The van der Waals surface area contributed by atoms with Crippen molar-refractivity contribution in [1.29, 1.82) is 0 Å². The number of para-hydroxylation sites is 1. The first-order chi connectivity index (χ1) is 10.2. The molecule has 1 atom stereocenters. The molecular weight excluding hydrogens is 260 g/mol. The Morgan fingerprint density at radius 2 is 2.00 bits per heavy atom. The molecule has 21 heavy (non-hydrogen) atoms.